The van der Waals surface area contributed by atoms with Crippen LogP contribution in [0.25, 0.3) is 0 Å². The molecule has 1 aliphatic rings. The van der Waals surface area contributed by atoms with Crippen LogP contribution in [0.4, 0.5) is 0 Å². The van der Waals surface area contributed by atoms with Crippen molar-refractivity contribution in [3.8, 4) is 0 Å². The van der Waals surface area contributed by atoms with Gasteiger partial charge >= 0.3 is 0 Å². The predicted octanol–water partition coefficient (Wildman–Crippen LogP) is 0.323. The SMILES string of the molecule is CC(C)C1NC(=O)C(C(C)C)N(Cc2ncnn2C)C1=O. The van der Waals surface area contributed by atoms with Gasteiger partial charge in [0.1, 0.15) is 24.2 Å². The highest BCUT2D eigenvalue weighted by molar-refractivity contribution is 5.97. The third-order valence-electron chi connectivity index (χ3n) is 3.87. The third kappa shape index (κ3) is 2.91. The normalized spacial score (nSPS) is 23.1. The molecule has 1 aliphatic heterocycles. The average molecular weight is 293 g/mol. The van der Waals surface area contributed by atoms with Gasteiger partial charge in [0.15, 0.2) is 0 Å². The number of rotatable bonds is 4. The van der Waals surface area contributed by atoms with E-state index in [2.05, 4.69) is 15.4 Å². The second-order valence-electron chi connectivity index (χ2n) is 6.19. The number of carbonyl (C=O) groups is 2. The fourth-order valence-electron chi connectivity index (χ4n) is 2.66. The van der Waals surface area contributed by atoms with Crippen LogP contribution in [0.5, 0.6) is 0 Å². The van der Waals surface area contributed by atoms with E-state index in [1.807, 2.05) is 27.7 Å². The highest BCUT2D eigenvalue weighted by Gasteiger charge is 2.43. The summed E-state index contributed by atoms with van der Waals surface area (Å²) in [6.45, 7) is 8.04. The van der Waals surface area contributed by atoms with Crippen LogP contribution in [0.3, 0.4) is 0 Å². The Bertz CT molecular complexity index is 537. The van der Waals surface area contributed by atoms with E-state index in [1.54, 1.807) is 16.6 Å². The van der Waals surface area contributed by atoms with E-state index in [-0.39, 0.29) is 23.7 Å². The summed E-state index contributed by atoms with van der Waals surface area (Å²) in [4.78, 5) is 30.9. The van der Waals surface area contributed by atoms with Crippen LogP contribution in [-0.2, 0) is 23.2 Å². The number of hydrogen-bond acceptors (Lipinski definition) is 4. The van der Waals surface area contributed by atoms with Crippen LogP contribution in [0.15, 0.2) is 6.33 Å². The van der Waals surface area contributed by atoms with Gasteiger partial charge in [0.25, 0.3) is 0 Å². The van der Waals surface area contributed by atoms with Crippen LogP contribution < -0.4 is 5.32 Å². The Kier molecular flexibility index (Phi) is 4.29. The Morgan fingerprint density at radius 1 is 1.24 bits per heavy atom. The van der Waals surface area contributed by atoms with Crippen molar-refractivity contribution >= 4 is 11.8 Å². The standard InChI is InChI=1S/C14H23N5O2/c1-8(2)11-14(21)19(6-10-15-7-16-18(10)5)12(9(3)4)13(20)17-11/h7-9,11-12H,6H2,1-5H3,(H,17,20). The lowest BCUT2D eigenvalue weighted by atomic mass is 9.93. The van der Waals surface area contributed by atoms with Gasteiger partial charge in [-0.15, -0.1) is 0 Å². The first kappa shape index (κ1) is 15.5. The molecule has 2 unspecified atom stereocenters. The average Bonchev–Trinajstić information content (AvgIpc) is 2.78. The highest BCUT2D eigenvalue weighted by Crippen LogP contribution is 2.22. The maximum absolute atomic E-state index is 12.7. The quantitative estimate of drug-likeness (QED) is 0.867. The molecule has 0 aliphatic carbocycles. The summed E-state index contributed by atoms with van der Waals surface area (Å²) in [5.74, 6) is 0.620. The second kappa shape index (κ2) is 5.83. The van der Waals surface area contributed by atoms with Gasteiger partial charge in [-0.3, -0.25) is 14.3 Å². The van der Waals surface area contributed by atoms with E-state index in [1.165, 1.54) is 6.33 Å². The number of piperazine rings is 1. The number of hydrogen-bond donors (Lipinski definition) is 1. The lowest BCUT2D eigenvalue weighted by molar-refractivity contribution is -0.153. The molecule has 2 heterocycles. The fourth-order valence-corrected chi connectivity index (χ4v) is 2.66. The summed E-state index contributed by atoms with van der Waals surface area (Å²) in [5.41, 5.74) is 0. The first-order valence-corrected chi connectivity index (χ1v) is 7.26. The second-order valence-corrected chi connectivity index (χ2v) is 6.19. The Morgan fingerprint density at radius 3 is 2.38 bits per heavy atom. The largest absolute Gasteiger partial charge is 0.342 e. The van der Waals surface area contributed by atoms with Crippen molar-refractivity contribution in [2.24, 2.45) is 18.9 Å². The topological polar surface area (TPSA) is 80.1 Å². The van der Waals surface area contributed by atoms with Crippen LogP contribution in [0.1, 0.15) is 33.5 Å². The Labute approximate surface area is 124 Å². The molecule has 2 rings (SSSR count). The van der Waals surface area contributed by atoms with E-state index in [0.717, 1.165) is 0 Å². The molecular formula is C14H23N5O2. The Balaban J connectivity index is 2.32. The van der Waals surface area contributed by atoms with Gasteiger partial charge < -0.3 is 10.2 Å². The van der Waals surface area contributed by atoms with Gasteiger partial charge in [0.2, 0.25) is 11.8 Å². The summed E-state index contributed by atoms with van der Waals surface area (Å²) < 4.78 is 1.63. The molecule has 0 radical (unpaired) electrons. The smallest absolute Gasteiger partial charge is 0.246 e. The van der Waals surface area contributed by atoms with E-state index in [4.69, 9.17) is 0 Å². The number of nitrogens with zero attached hydrogens (tertiary/aromatic N) is 4. The van der Waals surface area contributed by atoms with E-state index in [9.17, 15) is 9.59 Å². The Morgan fingerprint density at radius 2 is 1.90 bits per heavy atom. The molecule has 21 heavy (non-hydrogen) atoms. The zero-order valence-electron chi connectivity index (χ0n) is 13.2. The molecule has 0 aromatic carbocycles. The van der Waals surface area contributed by atoms with Crippen LogP contribution in [0.2, 0.25) is 0 Å². The molecule has 0 bridgehead atoms. The summed E-state index contributed by atoms with van der Waals surface area (Å²) in [6.07, 6.45) is 1.45. The lowest BCUT2D eigenvalue weighted by Crippen LogP contribution is -2.65. The minimum Gasteiger partial charge on any atom is -0.342 e. The van der Waals surface area contributed by atoms with Crippen molar-refractivity contribution in [3.63, 3.8) is 0 Å². The van der Waals surface area contributed by atoms with Crippen molar-refractivity contribution in [1.29, 1.82) is 0 Å². The third-order valence-corrected chi connectivity index (χ3v) is 3.87. The molecule has 0 spiro atoms. The molecule has 1 fully saturated rings. The maximum atomic E-state index is 12.7. The van der Waals surface area contributed by atoms with Crippen molar-refractivity contribution < 1.29 is 9.59 Å². The molecular weight excluding hydrogens is 270 g/mol. The van der Waals surface area contributed by atoms with Crippen molar-refractivity contribution in [2.45, 2.75) is 46.3 Å². The molecule has 2 amide bonds. The molecule has 1 N–H and O–H groups in total. The van der Waals surface area contributed by atoms with Crippen LogP contribution in [-0.4, -0.2) is 43.6 Å². The van der Waals surface area contributed by atoms with E-state index < -0.39 is 12.1 Å². The maximum Gasteiger partial charge on any atom is 0.246 e. The molecule has 116 valence electrons. The molecule has 0 saturated carbocycles. The van der Waals surface area contributed by atoms with Gasteiger partial charge in [-0.1, -0.05) is 27.7 Å². The molecule has 1 aromatic rings. The highest BCUT2D eigenvalue weighted by atomic mass is 16.2. The number of carbonyl (C=O) groups excluding carboxylic acids is 2. The predicted molar refractivity (Wildman–Crippen MR) is 76.9 cm³/mol. The summed E-state index contributed by atoms with van der Waals surface area (Å²) >= 11 is 0. The van der Waals surface area contributed by atoms with Gasteiger partial charge in [-0.2, -0.15) is 5.10 Å². The zero-order valence-corrected chi connectivity index (χ0v) is 13.2. The van der Waals surface area contributed by atoms with E-state index in [0.29, 0.717) is 12.4 Å². The number of amides is 2. The molecule has 7 heteroatoms. The molecule has 1 aromatic heterocycles. The number of nitrogens with one attached hydrogen (secondary N) is 1. The summed E-state index contributed by atoms with van der Waals surface area (Å²) in [6, 6.07) is -0.940. The number of aromatic nitrogens is 3. The van der Waals surface area contributed by atoms with Crippen molar-refractivity contribution in [3.05, 3.63) is 12.2 Å². The van der Waals surface area contributed by atoms with E-state index >= 15 is 0 Å². The number of aryl methyl sites for hydroxylation is 1. The van der Waals surface area contributed by atoms with Gasteiger partial charge in [0.05, 0.1) is 6.54 Å². The molecule has 1 saturated heterocycles. The van der Waals surface area contributed by atoms with Gasteiger partial charge in [0, 0.05) is 7.05 Å². The first-order chi connectivity index (χ1) is 9.82. The Hall–Kier alpha value is -1.92. The minimum atomic E-state index is -0.472. The summed E-state index contributed by atoms with van der Waals surface area (Å²) in [5, 5.41) is 6.87. The van der Waals surface area contributed by atoms with Gasteiger partial charge in [-0.05, 0) is 11.8 Å². The van der Waals surface area contributed by atoms with Crippen LogP contribution >= 0.6 is 0 Å². The van der Waals surface area contributed by atoms with Crippen LogP contribution in [0, 0.1) is 11.8 Å². The fraction of sp³-hybridized carbons (Fsp3) is 0.714. The summed E-state index contributed by atoms with van der Waals surface area (Å²) in [7, 11) is 1.78. The monoisotopic (exact) mass is 293 g/mol. The zero-order chi connectivity index (χ0) is 15.7. The molecule has 2 atom stereocenters. The lowest BCUT2D eigenvalue weighted by Gasteiger charge is -2.41. The van der Waals surface area contributed by atoms with Gasteiger partial charge in [-0.25, -0.2) is 4.98 Å². The molecule has 7 nitrogen and oxygen atoms in total. The van der Waals surface area contributed by atoms with Crippen molar-refractivity contribution in [2.75, 3.05) is 0 Å². The minimum absolute atomic E-state index is 0.0373. The first-order valence-electron chi connectivity index (χ1n) is 7.26. The van der Waals surface area contributed by atoms with Crippen molar-refractivity contribution in [1.82, 2.24) is 25.0 Å².